The van der Waals surface area contributed by atoms with Crippen LogP contribution in [0.5, 0.6) is 0 Å². The van der Waals surface area contributed by atoms with Crippen molar-refractivity contribution in [1.82, 2.24) is 0 Å². The lowest BCUT2D eigenvalue weighted by molar-refractivity contribution is -0.432. The van der Waals surface area contributed by atoms with Crippen molar-refractivity contribution in [2.75, 3.05) is 0 Å². The van der Waals surface area contributed by atoms with Crippen LogP contribution < -0.4 is 0 Å². The molecule has 0 aromatic rings. The van der Waals surface area contributed by atoms with Crippen LogP contribution in [0.4, 0.5) is 30.7 Å². The lowest BCUT2D eigenvalue weighted by Gasteiger charge is -2.25. The topological polar surface area (TPSA) is 9.23 Å². The average Bonchev–Trinajstić information content (AvgIpc) is 2.08. The molecule has 0 radical (unpaired) electrons. The Hall–Kier alpha value is -0.790. The van der Waals surface area contributed by atoms with Crippen LogP contribution in [0.25, 0.3) is 0 Å². The molecule has 0 heterocycles. The maximum atomic E-state index is 13.1. The van der Waals surface area contributed by atoms with E-state index in [-0.39, 0.29) is 12.5 Å². The average molecular weight is 268 g/mol. The van der Waals surface area contributed by atoms with Gasteiger partial charge >= 0.3 is 18.4 Å². The van der Waals surface area contributed by atoms with E-state index in [2.05, 4.69) is 4.74 Å². The fourth-order valence-corrected chi connectivity index (χ4v) is 0.912. The molecule has 1 nitrogen and oxygen atoms in total. The van der Waals surface area contributed by atoms with Crippen molar-refractivity contribution in [3.8, 4) is 0 Å². The van der Waals surface area contributed by atoms with E-state index >= 15 is 0 Å². The number of hydrogen-bond acceptors (Lipinski definition) is 1. The van der Waals surface area contributed by atoms with Crippen LogP contribution in [0.2, 0.25) is 0 Å². The Morgan fingerprint density at radius 3 is 1.88 bits per heavy atom. The van der Waals surface area contributed by atoms with Crippen molar-refractivity contribution in [3.63, 3.8) is 0 Å². The largest absolute Gasteiger partial charge is 0.525 e. The molecule has 0 aliphatic heterocycles. The molecule has 0 N–H and O–H groups in total. The molecular weight excluding hydrogens is 257 g/mol. The summed E-state index contributed by atoms with van der Waals surface area (Å²) in [7, 11) is 0. The summed E-state index contributed by atoms with van der Waals surface area (Å²) < 4.78 is 86.8. The second-order valence-corrected chi connectivity index (χ2v) is 3.24. The van der Waals surface area contributed by atoms with Crippen molar-refractivity contribution in [2.24, 2.45) is 0 Å². The third-order valence-electron chi connectivity index (χ3n) is 1.71. The van der Waals surface area contributed by atoms with Gasteiger partial charge in [0.05, 0.1) is 0 Å². The van der Waals surface area contributed by atoms with Crippen molar-refractivity contribution in [3.05, 3.63) is 12.2 Å². The molecule has 1 atom stereocenters. The first-order valence-corrected chi connectivity index (χ1v) is 4.72. The maximum absolute atomic E-state index is 13.1. The van der Waals surface area contributed by atoms with Crippen molar-refractivity contribution < 1.29 is 35.5 Å². The van der Waals surface area contributed by atoms with Gasteiger partial charge < -0.3 is 0 Å². The van der Waals surface area contributed by atoms with Gasteiger partial charge in [-0.25, -0.2) is 4.74 Å². The fourth-order valence-electron chi connectivity index (χ4n) is 0.912. The smallest absolute Gasteiger partial charge is 0.242 e. The van der Waals surface area contributed by atoms with Gasteiger partial charge in [-0.1, -0.05) is 25.8 Å². The summed E-state index contributed by atoms with van der Waals surface area (Å²) in [5.41, 5.74) is 0. The fraction of sp³-hybridized carbons (Fsp3) is 0.778. The number of rotatable bonds is 5. The van der Waals surface area contributed by atoms with E-state index in [1.807, 2.05) is 0 Å². The summed E-state index contributed by atoms with van der Waals surface area (Å²) in [5, 5.41) is 0. The number of ether oxygens (including phenoxy) is 1. The second kappa shape index (κ2) is 5.70. The first kappa shape index (κ1) is 16.2. The molecule has 0 saturated heterocycles. The molecule has 0 aromatic carbocycles. The molecule has 0 bridgehead atoms. The number of allylic oxidation sites excluding steroid dienone is 1. The van der Waals surface area contributed by atoms with E-state index in [9.17, 15) is 30.7 Å². The molecule has 0 saturated carbocycles. The van der Waals surface area contributed by atoms with Gasteiger partial charge in [0.15, 0.2) is 0 Å². The predicted octanol–water partition coefficient (Wildman–Crippen LogP) is 4.50. The zero-order chi connectivity index (χ0) is 13.7. The minimum atomic E-state index is -5.79. The van der Waals surface area contributed by atoms with Crippen molar-refractivity contribution in [2.45, 2.75) is 44.6 Å². The Bertz CT molecular complexity index is 255. The summed E-state index contributed by atoms with van der Waals surface area (Å²) in [6, 6.07) is 0. The lowest BCUT2D eigenvalue weighted by Crippen LogP contribution is -2.45. The lowest BCUT2D eigenvalue weighted by atomic mass is 10.2. The highest BCUT2D eigenvalue weighted by atomic mass is 19.4. The molecule has 17 heavy (non-hydrogen) atoms. The SMILES string of the molecule is CCCC/C=C\[C@](F)(OC(F)(F)F)C(F)(F)F. The van der Waals surface area contributed by atoms with Crippen LogP contribution in [0.15, 0.2) is 12.2 Å². The summed E-state index contributed by atoms with van der Waals surface area (Å²) >= 11 is 0. The van der Waals surface area contributed by atoms with Crippen LogP contribution >= 0.6 is 0 Å². The Balaban J connectivity index is 4.81. The van der Waals surface area contributed by atoms with Gasteiger partial charge in [0.25, 0.3) is 0 Å². The monoisotopic (exact) mass is 268 g/mol. The van der Waals surface area contributed by atoms with E-state index in [0.717, 1.165) is 0 Å². The summed E-state index contributed by atoms with van der Waals surface area (Å²) in [6.45, 7) is 1.73. The first-order chi connectivity index (χ1) is 7.52. The number of halogens is 7. The third-order valence-corrected chi connectivity index (χ3v) is 1.71. The van der Waals surface area contributed by atoms with Gasteiger partial charge in [-0.15, -0.1) is 13.2 Å². The summed E-state index contributed by atoms with van der Waals surface area (Å²) in [6.07, 6.45) is -9.96. The highest BCUT2D eigenvalue weighted by molar-refractivity contribution is 5.00. The van der Waals surface area contributed by atoms with E-state index in [4.69, 9.17) is 0 Å². The van der Waals surface area contributed by atoms with Gasteiger partial charge in [0.1, 0.15) is 0 Å². The van der Waals surface area contributed by atoms with Gasteiger partial charge in [-0.3, -0.25) is 0 Å². The number of hydrogen-bond donors (Lipinski definition) is 0. The summed E-state index contributed by atoms with van der Waals surface area (Å²) in [5.74, 6) is -4.83. The van der Waals surface area contributed by atoms with E-state index in [1.54, 1.807) is 6.92 Å². The Kier molecular flexibility index (Phi) is 5.44. The van der Waals surface area contributed by atoms with Crippen LogP contribution in [-0.2, 0) is 4.74 Å². The molecule has 8 heteroatoms. The number of alkyl halides is 7. The van der Waals surface area contributed by atoms with E-state index in [1.165, 1.54) is 0 Å². The molecule has 0 aliphatic rings. The Morgan fingerprint density at radius 2 is 1.53 bits per heavy atom. The van der Waals surface area contributed by atoms with Gasteiger partial charge in [0.2, 0.25) is 0 Å². The molecule has 0 aliphatic carbocycles. The standard InChI is InChI=1S/C9H11F7O/c1-2-3-4-5-6-7(10,8(11,12)13)17-9(14,15)16/h5-6H,2-4H2,1H3/b6-5-/t7-/m0/s1. The van der Waals surface area contributed by atoms with Gasteiger partial charge in [0, 0.05) is 0 Å². The quantitative estimate of drug-likeness (QED) is 0.405. The van der Waals surface area contributed by atoms with Crippen LogP contribution in [0, 0.1) is 0 Å². The molecular formula is C9H11F7O. The second-order valence-electron chi connectivity index (χ2n) is 3.24. The van der Waals surface area contributed by atoms with Crippen molar-refractivity contribution >= 4 is 0 Å². The van der Waals surface area contributed by atoms with Gasteiger partial charge in [-0.2, -0.15) is 17.6 Å². The molecule has 0 spiro atoms. The Labute approximate surface area is 93.2 Å². The van der Waals surface area contributed by atoms with E-state index in [0.29, 0.717) is 18.9 Å². The summed E-state index contributed by atoms with van der Waals surface area (Å²) in [4.78, 5) is 0. The predicted molar refractivity (Wildman–Crippen MR) is 45.7 cm³/mol. The molecule has 0 amide bonds. The van der Waals surface area contributed by atoms with Crippen LogP contribution in [-0.4, -0.2) is 18.4 Å². The minimum Gasteiger partial charge on any atom is -0.242 e. The molecule has 102 valence electrons. The molecule has 0 unspecified atom stereocenters. The van der Waals surface area contributed by atoms with Crippen LogP contribution in [0.1, 0.15) is 26.2 Å². The van der Waals surface area contributed by atoms with Crippen LogP contribution in [0.3, 0.4) is 0 Å². The van der Waals surface area contributed by atoms with Crippen molar-refractivity contribution in [1.29, 1.82) is 0 Å². The molecule has 0 fully saturated rings. The third kappa shape index (κ3) is 5.90. The Morgan fingerprint density at radius 1 is 1.00 bits per heavy atom. The van der Waals surface area contributed by atoms with E-state index < -0.39 is 18.4 Å². The molecule has 0 rings (SSSR count). The normalized spacial score (nSPS) is 17.4. The first-order valence-electron chi connectivity index (χ1n) is 4.72. The highest BCUT2D eigenvalue weighted by Gasteiger charge is 2.61. The zero-order valence-electron chi connectivity index (χ0n) is 8.83. The molecule has 0 aromatic heterocycles. The number of unbranched alkanes of at least 4 members (excludes halogenated alkanes) is 2. The zero-order valence-corrected chi connectivity index (χ0v) is 8.83. The highest BCUT2D eigenvalue weighted by Crippen LogP contribution is 2.40. The maximum Gasteiger partial charge on any atom is 0.525 e. The minimum absolute atomic E-state index is 0.0411. The van der Waals surface area contributed by atoms with Gasteiger partial charge in [-0.05, 0) is 12.5 Å².